The van der Waals surface area contributed by atoms with Crippen molar-refractivity contribution in [3.05, 3.63) is 54.4 Å². The van der Waals surface area contributed by atoms with E-state index in [4.69, 9.17) is 9.47 Å². The van der Waals surface area contributed by atoms with Gasteiger partial charge in [-0.3, -0.25) is 9.78 Å². The molecule has 2 aliphatic rings. The van der Waals surface area contributed by atoms with Gasteiger partial charge in [0.1, 0.15) is 4.90 Å². The summed E-state index contributed by atoms with van der Waals surface area (Å²) in [5.74, 6) is 1.44. The molecule has 1 aromatic heterocycles. The second-order valence-electron chi connectivity index (χ2n) is 7.23. The third kappa shape index (κ3) is 4.63. The van der Waals surface area contributed by atoms with Crippen molar-refractivity contribution < 1.29 is 22.7 Å². The van der Waals surface area contributed by atoms with E-state index < -0.39 is 10.0 Å². The largest absolute Gasteiger partial charge is 0.454 e. The second-order valence-corrected chi connectivity index (χ2v) is 9.17. The average molecular weight is 429 g/mol. The van der Waals surface area contributed by atoms with E-state index in [1.807, 2.05) is 18.2 Å². The summed E-state index contributed by atoms with van der Waals surface area (Å²) in [6, 6.07) is 8.67. The zero-order valence-electron chi connectivity index (χ0n) is 16.4. The molecule has 1 saturated heterocycles. The number of nitrogens with zero attached hydrogens (tertiary/aromatic N) is 2. The molecule has 158 valence electrons. The molecule has 0 spiro atoms. The summed E-state index contributed by atoms with van der Waals surface area (Å²) in [5, 5.41) is 2.90. The first-order valence-corrected chi connectivity index (χ1v) is 11.2. The fourth-order valence-corrected chi connectivity index (χ4v) is 4.93. The number of benzene rings is 1. The third-order valence-electron chi connectivity index (χ3n) is 5.23. The van der Waals surface area contributed by atoms with E-state index in [0.29, 0.717) is 44.0 Å². The maximum Gasteiger partial charge on any atom is 0.244 e. The van der Waals surface area contributed by atoms with E-state index in [-0.39, 0.29) is 23.5 Å². The molecule has 1 aromatic carbocycles. The normalized spacial score (nSPS) is 17.3. The van der Waals surface area contributed by atoms with E-state index in [2.05, 4.69) is 10.3 Å². The number of fused-ring (bicyclic) bond motifs is 1. The van der Waals surface area contributed by atoms with Crippen LogP contribution in [0.1, 0.15) is 18.4 Å². The van der Waals surface area contributed by atoms with Gasteiger partial charge in [0.15, 0.2) is 11.5 Å². The summed E-state index contributed by atoms with van der Waals surface area (Å²) in [6.45, 7) is 1.60. The molecule has 0 atom stereocenters. The van der Waals surface area contributed by atoms with Crippen LogP contribution in [0, 0.1) is 5.92 Å². The van der Waals surface area contributed by atoms with Gasteiger partial charge in [-0.1, -0.05) is 6.07 Å². The highest BCUT2D eigenvalue weighted by Gasteiger charge is 2.29. The zero-order chi connectivity index (χ0) is 21.0. The Balaban J connectivity index is 1.24. The number of hydrogen-bond acceptors (Lipinski definition) is 6. The summed E-state index contributed by atoms with van der Waals surface area (Å²) in [7, 11) is -3.51. The fourth-order valence-electron chi connectivity index (χ4n) is 3.50. The lowest BCUT2D eigenvalue weighted by Crippen LogP contribution is -2.41. The molecule has 2 aromatic rings. The van der Waals surface area contributed by atoms with Gasteiger partial charge in [-0.15, -0.1) is 0 Å². The number of piperidine rings is 1. The Kier molecular flexibility index (Phi) is 6.01. The van der Waals surface area contributed by atoms with Crippen molar-refractivity contribution >= 4 is 22.0 Å². The first-order valence-electron chi connectivity index (χ1n) is 9.78. The third-order valence-corrected chi connectivity index (χ3v) is 7.12. The monoisotopic (exact) mass is 429 g/mol. The lowest BCUT2D eigenvalue weighted by atomic mass is 9.98. The first-order chi connectivity index (χ1) is 14.5. The maximum atomic E-state index is 12.6. The lowest BCUT2D eigenvalue weighted by Gasteiger charge is -2.31. The molecule has 0 unspecified atom stereocenters. The van der Waals surface area contributed by atoms with Crippen LogP contribution in [0.4, 0.5) is 0 Å². The zero-order valence-corrected chi connectivity index (χ0v) is 17.2. The second kappa shape index (κ2) is 8.85. The van der Waals surface area contributed by atoms with E-state index in [0.717, 1.165) is 5.56 Å². The minimum absolute atomic E-state index is 0.182. The van der Waals surface area contributed by atoms with Crippen LogP contribution >= 0.6 is 0 Å². The molecule has 30 heavy (non-hydrogen) atoms. The molecule has 8 nitrogen and oxygen atoms in total. The average Bonchev–Trinajstić information content (AvgIpc) is 3.25. The Bertz CT molecular complexity index is 1030. The van der Waals surface area contributed by atoms with Gasteiger partial charge < -0.3 is 14.8 Å². The van der Waals surface area contributed by atoms with E-state index in [9.17, 15) is 13.2 Å². The van der Waals surface area contributed by atoms with Gasteiger partial charge in [0.2, 0.25) is 22.7 Å². The van der Waals surface area contributed by atoms with Crippen molar-refractivity contribution in [1.29, 1.82) is 0 Å². The molecular weight excluding hydrogens is 406 g/mol. The van der Waals surface area contributed by atoms with Crippen molar-refractivity contribution in [3.8, 4) is 11.5 Å². The smallest absolute Gasteiger partial charge is 0.244 e. The number of carbonyl (C=O) groups excluding carboxylic acids is 1. The molecule has 1 amide bonds. The molecule has 4 rings (SSSR count). The highest BCUT2D eigenvalue weighted by molar-refractivity contribution is 7.89. The molecule has 9 heteroatoms. The van der Waals surface area contributed by atoms with Crippen LogP contribution in [0.5, 0.6) is 11.5 Å². The molecule has 0 aliphatic carbocycles. The molecule has 3 heterocycles. The molecule has 0 bridgehead atoms. The van der Waals surface area contributed by atoms with Crippen LogP contribution in [-0.2, 0) is 14.8 Å². The predicted octanol–water partition coefficient (Wildman–Crippen LogP) is 2.04. The molecule has 2 aliphatic heterocycles. The number of aromatic nitrogens is 1. The van der Waals surface area contributed by atoms with Crippen LogP contribution < -0.4 is 14.8 Å². The Hall–Kier alpha value is -2.91. The predicted molar refractivity (Wildman–Crippen MR) is 110 cm³/mol. The van der Waals surface area contributed by atoms with Crippen LogP contribution in [0.3, 0.4) is 0 Å². The minimum atomic E-state index is -3.51. The highest BCUT2D eigenvalue weighted by atomic mass is 32.2. The summed E-state index contributed by atoms with van der Waals surface area (Å²) in [4.78, 5) is 16.2. The Labute approximate surface area is 175 Å². The number of pyridine rings is 1. The van der Waals surface area contributed by atoms with Crippen LogP contribution in [0.15, 0.2) is 53.7 Å². The molecule has 1 N–H and O–H groups in total. The summed E-state index contributed by atoms with van der Waals surface area (Å²) < 4.78 is 37.4. The summed E-state index contributed by atoms with van der Waals surface area (Å²) in [6.07, 6.45) is 7.53. The van der Waals surface area contributed by atoms with Gasteiger partial charge in [0, 0.05) is 38.1 Å². The van der Waals surface area contributed by atoms with Crippen LogP contribution in [0.25, 0.3) is 6.08 Å². The van der Waals surface area contributed by atoms with Gasteiger partial charge in [-0.05, 0) is 54.7 Å². The van der Waals surface area contributed by atoms with E-state index >= 15 is 0 Å². The van der Waals surface area contributed by atoms with Gasteiger partial charge in [0.25, 0.3) is 0 Å². The van der Waals surface area contributed by atoms with Crippen molar-refractivity contribution in [2.75, 3.05) is 26.4 Å². The van der Waals surface area contributed by atoms with Gasteiger partial charge in [-0.25, -0.2) is 8.42 Å². The van der Waals surface area contributed by atoms with Gasteiger partial charge in [-0.2, -0.15) is 4.31 Å². The van der Waals surface area contributed by atoms with Crippen LogP contribution in [0.2, 0.25) is 0 Å². The highest BCUT2D eigenvalue weighted by Crippen LogP contribution is 2.32. The van der Waals surface area contributed by atoms with E-state index in [1.165, 1.54) is 16.6 Å². The first kappa shape index (κ1) is 20.4. The number of carbonyl (C=O) groups is 1. The number of amides is 1. The molecule has 1 fully saturated rings. The minimum Gasteiger partial charge on any atom is -0.454 e. The van der Waals surface area contributed by atoms with Gasteiger partial charge >= 0.3 is 0 Å². The Morgan fingerprint density at radius 3 is 2.77 bits per heavy atom. The number of nitrogens with one attached hydrogen (secondary N) is 1. The SMILES string of the molecule is O=C(/C=C/c1ccc2c(c1)OCO2)NCC1CCN(S(=O)(=O)c2cccnc2)CC1. The summed E-state index contributed by atoms with van der Waals surface area (Å²) >= 11 is 0. The molecular formula is C21H23N3O5S. The number of hydrogen-bond donors (Lipinski definition) is 1. The quantitative estimate of drug-likeness (QED) is 0.706. The van der Waals surface area contributed by atoms with Crippen molar-refractivity contribution in [1.82, 2.24) is 14.6 Å². The molecule has 0 saturated carbocycles. The Morgan fingerprint density at radius 1 is 1.20 bits per heavy atom. The standard InChI is InChI=1S/C21H23N3O5S/c25-21(6-4-16-3-5-19-20(12-16)29-15-28-19)23-13-17-7-10-24(11-8-17)30(26,27)18-2-1-9-22-14-18/h1-6,9,12,14,17H,7-8,10-11,13,15H2,(H,23,25)/b6-4+. The number of ether oxygens (including phenoxy) is 2. The van der Waals surface area contributed by atoms with E-state index in [1.54, 1.807) is 24.4 Å². The number of sulfonamides is 1. The van der Waals surface area contributed by atoms with Crippen molar-refractivity contribution in [2.45, 2.75) is 17.7 Å². The van der Waals surface area contributed by atoms with Gasteiger partial charge in [0.05, 0.1) is 0 Å². The topological polar surface area (TPSA) is 97.8 Å². The Morgan fingerprint density at radius 2 is 2.00 bits per heavy atom. The summed E-state index contributed by atoms with van der Waals surface area (Å²) in [5.41, 5.74) is 0.850. The lowest BCUT2D eigenvalue weighted by molar-refractivity contribution is -0.116. The fraction of sp³-hybridized carbons (Fsp3) is 0.333. The van der Waals surface area contributed by atoms with Crippen molar-refractivity contribution in [2.24, 2.45) is 5.92 Å². The number of rotatable bonds is 6. The molecule has 0 radical (unpaired) electrons. The van der Waals surface area contributed by atoms with Crippen molar-refractivity contribution in [3.63, 3.8) is 0 Å². The maximum absolute atomic E-state index is 12.6. The van der Waals surface area contributed by atoms with Crippen LogP contribution in [-0.4, -0.2) is 50.0 Å².